The lowest BCUT2D eigenvalue weighted by molar-refractivity contribution is -0.00868. The predicted octanol–water partition coefficient (Wildman–Crippen LogP) is 4.48. The summed E-state index contributed by atoms with van der Waals surface area (Å²) in [5, 5.41) is 10.4. The Kier molecular flexibility index (Phi) is 6.21. The van der Waals surface area contributed by atoms with Crippen LogP contribution >= 0.6 is 0 Å². The Morgan fingerprint density at radius 1 is 1.00 bits per heavy atom. The van der Waals surface area contributed by atoms with Crippen LogP contribution in [0.4, 0.5) is 17.5 Å². The van der Waals surface area contributed by atoms with E-state index in [0.717, 1.165) is 54.0 Å². The number of rotatable bonds is 8. The van der Waals surface area contributed by atoms with E-state index in [0.29, 0.717) is 30.3 Å². The normalized spacial score (nSPS) is 18.9. The summed E-state index contributed by atoms with van der Waals surface area (Å²) < 4.78 is 5.57. The van der Waals surface area contributed by atoms with Gasteiger partial charge >= 0.3 is 0 Å². The molecule has 0 saturated carbocycles. The van der Waals surface area contributed by atoms with Gasteiger partial charge in [0, 0.05) is 67.0 Å². The molecule has 9 heteroatoms. The molecule has 2 bridgehead atoms. The van der Waals surface area contributed by atoms with Gasteiger partial charge in [0.2, 0.25) is 0 Å². The van der Waals surface area contributed by atoms with Crippen LogP contribution in [0.2, 0.25) is 0 Å². The van der Waals surface area contributed by atoms with Crippen molar-refractivity contribution >= 4 is 17.5 Å². The van der Waals surface area contributed by atoms with Crippen LogP contribution in [-0.2, 0) is 6.54 Å². The molecule has 37 heavy (non-hydrogen) atoms. The van der Waals surface area contributed by atoms with E-state index in [9.17, 15) is 0 Å². The molecule has 6 heterocycles. The highest BCUT2D eigenvalue weighted by atomic mass is 16.5. The number of piperazine rings is 1. The number of nitrogens with zero attached hydrogens (tertiary/aromatic N) is 6. The van der Waals surface area contributed by atoms with E-state index in [2.05, 4.69) is 66.7 Å². The molecule has 3 fully saturated rings. The van der Waals surface area contributed by atoms with Gasteiger partial charge in [-0.25, -0.2) is 15.0 Å². The van der Waals surface area contributed by atoms with Crippen molar-refractivity contribution in [2.24, 2.45) is 0 Å². The van der Waals surface area contributed by atoms with Crippen LogP contribution in [-0.4, -0.2) is 61.8 Å². The maximum absolute atomic E-state index is 5.57. The minimum Gasteiger partial charge on any atom is -0.494 e. The molecule has 0 radical (unpaired) electrons. The largest absolute Gasteiger partial charge is 0.494 e. The van der Waals surface area contributed by atoms with Crippen molar-refractivity contribution in [1.29, 1.82) is 0 Å². The smallest absolute Gasteiger partial charge is 0.163 e. The van der Waals surface area contributed by atoms with Gasteiger partial charge in [0.05, 0.1) is 6.61 Å². The lowest BCUT2D eigenvalue weighted by Crippen LogP contribution is -2.68. The number of aromatic nitrogens is 5. The lowest BCUT2D eigenvalue weighted by Gasteiger charge is -2.56. The highest BCUT2D eigenvalue weighted by Crippen LogP contribution is 2.36. The number of anilines is 3. The Labute approximate surface area is 216 Å². The number of hydrogen-bond acceptors (Lipinski definition) is 8. The molecular formula is C28H32N8O. The zero-order valence-electron chi connectivity index (χ0n) is 21.5. The summed E-state index contributed by atoms with van der Waals surface area (Å²) in [6.45, 7) is 9.62. The van der Waals surface area contributed by atoms with Crippen molar-refractivity contribution in [3.05, 3.63) is 71.7 Å². The molecule has 2 atom stereocenters. The summed E-state index contributed by atoms with van der Waals surface area (Å²) in [6.07, 6.45) is 3.14. The SMILES string of the molecule is CCOc1ccc(CN2C3CC2CN(c2ccc(-c4nc(C)cc(Nc5cc(C)[nH]n5)n4)cn2)C3)cc1. The molecule has 0 aliphatic carbocycles. The Bertz CT molecular complexity index is 1360. The van der Waals surface area contributed by atoms with Crippen molar-refractivity contribution in [2.75, 3.05) is 29.9 Å². The summed E-state index contributed by atoms with van der Waals surface area (Å²) in [4.78, 5) is 19.1. The highest BCUT2D eigenvalue weighted by Gasteiger charge is 2.44. The molecule has 3 saturated heterocycles. The average molecular weight is 497 g/mol. The van der Waals surface area contributed by atoms with Crippen LogP contribution in [0.25, 0.3) is 11.4 Å². The molecule has 4 aromatic rings. The van der Waals surface area contributed by atoms with Crippen molar-refractivity contribution in [3.8, 4) is 17.1 Å². The predicted molar refractivity (Wildman–Crippen MR) is 144 cm³/mol. The van der Waals surface area contributed by atoms with Gasteiger partial charge < -0.3 is 15.0 Å². The molecule has 190 valence electrons. The molecule has 9 nitrogen and oxygen atoms in total. The lowest BCUT2D eigenvalue weighted by atomic mass is 9.86. The summed E-state index contributed by atoms with van der Waals surface area (Å²) >= 11 is 0. The topological polar surface area (TPSA) is 95.1 Å². The van der Waals surface area contributed by atoms with E-state index >= 15 is 0 Å². The van der Waals surface area contributed by atoms with E-state index in [1.807, 2.05) is 39.1 Å². The van der Waals surface area contributed by atoms with E-state index in [4.69, 9.17) is 14.7 Å². The molecule has 3 aliphatic heterocycles. The number of nitrogens with one attached hydrogen (secondary N) is 2. The number of ether oxygens (including phenoxy) is 1. The maximum Gasteiger partial charge on any atom is 0.163 e. The summed E-state index contributed by atoms with van der Waals surface area (Å²) in [6, 6.07) is 17.6. The van der Waals surface area contributed by atoms with Crippen LogP contribution in [0.5, 0.6) is 5.75 Å². The van der Waals surface area contributed by atoms with Gasteiger partial charge in [0.25, 0.3) is 0 Å². The number of aromatic amines is 1. The molecule has 3 aliphatic rings. The number of benzene rings is 1. The standard InChI is InChI=1S/C28H32N8O/c1-4-37-24-8-5-20(6-9-24)15-36-22-13-23(36)17-35(16-22)27-10-7-21(14-29-27)28-30-18(2)11-25(32-28)31-26-12-19(3)33-34-26/h5-12,14,22-23H,4,13,15-17H2,1-3H3,(H2,30,31,32,33,34). The minimum absolute atomic E-state index is 0.561. The third kappa shape index (κ3) is 4.99. The number of pyridine rings is 1. The van der Waals surface area contributed by atoms with Gasteiger partial charge in [-0.15, -0.1) is 0 Å². The average Bonchev–Trinajstić information content (AvgIpc) is 3.32. The Morgan fingerprint density at radius 3 is 2.49 bits per heavy atom. The van der Waals surface area contributed by atoms with E-state index in [1.54, 1.807) is 0 Å². The van der Waals surface area contributed by atoms with Crippen LogP contribution in [0, 0.1) is 13.8 Å². The highest BCUT2D eigenvalue weighted by molar-refractivity contribution is 5.61. The number of aryl methyl sites for hydroxylation is 2. The first-order valence-electron chi connectivity index (χ1n) is 12.9. The molecular weight excluding hydrogens is 464 g/mol. The monoisotopic (exact) mass is 496 g/mol. The molecule has 3 aromatic heterocycles. The van der Waals surface area contributed by atoms with Gasteiger partial charge in [-0.3, -0.25) is 10.00 Å². The Hall–Kier alpha value is -3.98. The second kappa shape index (κ2) is 9.82. The van der Waals surface area contributed by atoms with Crippen LogP contribution in [0.15, 0.2) is 54.7 Å². The van der Waals surface area contributed by atoms with Crippen LogP contribution in [0.3, 0.4) is 0 Å². The summed E-state index contributed by atoms with van der Waals surface area (Å²) in [5.74, 6) is 4.04. The Morgan fingerprint density at radius 2 is 1.81 bits per heavy atom. The van der Waals surface area contributed by atoms with Gasteiger partial charge in [-0.2, -0.15) is 5.10 Å². The maximum atomic E-state index is 5.57. The minimum atomic E-state index is 0.561. The quantitative estimate of drug-likeness (QED) is 0.369. The number of H-pyrrole nitrogens is 1. The zero-order chi connectivity index (χ0) is 25.4. The first-order chi connectivity index (χ1) is 18.0. The third-order valence-electron chi connectivity index (χ3n) is 7.09. The fraction of sp³-hybridized carbons (Fsp3) is 0.357. The fourth-order valence-electron chi connectivity index (χ4n) is 5.28. The van der Waals surface area contributed by atoms with E-state index < -0.39 is 0 Å². The molecule has 2 N–H and O–H groups in total. The van der Waals surface area contributed by atoms with Gasteiger partial charge in [0.15, 0.2) is 11.6 Å². The molecule has 7 rings (SSSR count). The van der Waals surface area contributed by atoms with Crippen molar-refractivity contribution in [3.63, 3.8) is 0 Å². The third-order valence-corrected chi connectivity index (χ3v) is 7.09. The molecule has 1 aromatic carbocycles. The second-order valence-corrected chi connectivity index (χ2v) is 9.88. The van der Waals surface area contributed by atoms with Crippen LogP contribution < -0.4 is 15.0 Å². The second-order valence-electron chi connectivity index (χ2n) is 9.88. The van der Waals surface area contributed by atoms with Gasteiger partial charge in [0.1, 0.15) is 17.4 Å². The molecule has 0 amide bonds. The van der Waals surface area contributed by atoms with Crippen LogP contribution in [0.1, 0.15) is 30.3 Å². The van der Waals surface area contributed by atoms with Crippen molar-refractivity contribution < 1.29 is 4.74 Å². The molecule has 0 spiro atoms. The van der Waals surface area contributed by atoms with Crippen molar-refractivity contribution in [1.82, 2.24) is 30.0 Å². The fourth-order valence-corrected chi connectivity index (χ4v) is 5.28. The Balaban J connectivity index is 1.10. The van der Waals surface area contributed by atoms with Crippen molar-refractivity contribution in [2.45, 2.75) is 45.8 Å². The van der Waals surface area contributed by atoms with E-state index in [-0.39, 0.29) is 0 Å². The molecule has 2 unspecified atom stereocenters. The zero-order valence-corrected chi connectivity index (χ0v) is 21.5. The van der Waals surface area contributed by atoms with E-state index in [1.165, 1.54) is 12.0 Å². The number of fused-ring (bicyclic) bond motifs is 2. The summed E-state index contributed by atoms with van der Waals surface area (Å²) in [5.41, 5.74) is 4.10. The first-order valence-corrected chi connectivity index (χ1v) is 12.9. The number of hydrogen-bond donors (Lipinski definition) is 2. The summed E-state index contributed by atoms with van der Waals surface area (Å²) in [7, 11) is 0. The van der Waals surface area contributed by atoms with Gasteiger partial charge in [-0.1, -0.05) is 12.1 Å². The number of piperidine rings is 1. The van der Waals surface area contributed by atoms with Gasteiger partial charge in [-0.05, 0) is 57.0 Å². The first kappa shape index (κ1) is 23.4.